The first-order valence-electron chi connectivity index (χ1n) is 11.1. The standard InChI is InChI=1S/C25H25Cl2N5O2S.ClH/c1-2-33-24-14-18(8-11-23(24)34-17-19-9-10-20(26)15-22(19)27)16-28-12-13-35-25-29-30-31-32(25)21-6-4-3-5-7-21;/h3-11,14-15,28H,2,12-13,16-17H2,1H3;1H. The van der Waals surface area contributed by atoms with Crippen molar-refractivity contribution >= 4 is 47.4 Å². The largest absolute Gasteiger partial charge is 0.490 e. The summed E-state index contributed by atoms with van der Waals surface area (Å²) < 4.78 is 13.5. The predicted octanol–water partition coefficient (Wildman–Crippen LogP) is 6.25. The molecule has 36 heavy (non-hydrogen) atoms. The monoisotopic (exact) mass is 565 g/mol. The molecular weight excluding hydrogens is 541 g/mol. The lowest BCUT2D eigenvalue weighted by molar-refractivity contribution is 0.269. The molecule has 0 saturated heterocycles. The molecule has 11 heteroatoms. The van der Waals surface area contributed by atoms with Crippen LogP contribution in [0.4, 0.5) is 0 Å². The maximum Gasteiger partial charge on any atom is 0.214 e. The number of tetrazole rings is 1. The highest BCUT2D eigenvalue weighted by Crippen LogP contribution is 2.30. The number of aromatic nitrogens is 4. The minimum absolute atomic E-state index is 0. The molecule has 190 valence electrons. The van der Waals surface area contributed by atoms with Crippen LogP contribution in [0.25, 0.3) is 5.69 Å². The molecule has 7 nitrogen and oxygen atoms in total. The Labute approximate surface area is 230 Å². The van der Waals surface area contributed by atoms with Gasteiger partial charge in [-0.25, -0.2) is 0 Å². The van der Waals surface area contributed by atoms with Gasteiger partial charge in [0, 0.05) is 34.5 Å². The van der Waals surface area contributed by atoms with E-state index in [0.717, 1.165) is 34.3 Å². The van der Waals surface area contributed by atoms with Crippen molar-refractivity contribution < 1.29 is 9.47 Å². The number of rotatable bonds is 12. The molecular formula is C25H26Cl3N5O2S. The molecule has 0 aliphatic rings. The fourth-order valence-electron chi connectivity index (χ4n) is 3.29. The van der Waals surface area contributed by atoms with Crippen LogP contribution in [0.15, 0.2) is 71.9 Å². The Morgan fingerprint density at radius 3 is 2.58 bits per heavy atom. The van der Waals surface area contributed by atoms with Crippen LogP contribution in [0, 0.1) is 0 Å². The molecule has 0 unspecified atom stereocenters. The summed E-state index contributed by atoms with van der Waals surface area (Å²) in [6, 6.07) is 21.2. The fraction of sp³-hybridized carbons (Fsp3) is 0.240. The Balaban J connectivity index is 0.00000361. The second-order valence-electron chi connectivity index (χ2n) is 7.47. The van der Waals surface area contributed by atoms with Gasteiger partial charge in [-0.3, -0.25) is 0 Å². The minimum atomic E-state index is 0. The Hall–Kier alpha value is -2.49. The van der Waals surface area contributed by atoms with Crippen LogP contribution in [0.5, 0.6) is 11.5 Å². The van der Waals surface area contributed by atoms with Gasteiger partial charge in [-0.05, 0) is 59.3 Å². The first-order valence-corrected chi connectivity index (χ1v) is 12.9. The van der Waals surface area contributed by atoms with Crippen molar-refractivity contribution in [2.45, 2.75) is 25.2 Å². The van der Waals surface area contributed by atoms with Crippen LogP contribution in [0.2, 0.25) is 10.0 Å². The number of nitrogens with one attached hydrogen (secondary N) is 1. The van der Waals surface area contributed by atoms with E-state index < -0.39 is 0 Å². The van der Waals surface area contributed by atoms with Gasteiger partial charge in [-0.2, -0.15) is 4.68 Å². The topological polar surface area (TPSA) is 74.1 Å². The van der Waals surface area contributed by atoms with Crippen LogP contribution >= 0.6 is 47.4 Å². The van der Waals surface area contributed by atoms with Gasteiger partial charge < -0.3 is 14.8 Å². The molecule has 0 fully saturated rings. The number of hydrogen-bond donors (Lipinski definition) is 1. The molecule has 1 N–H and O–H groups in total. The average Bonchev–Trinajstić information content (AvgIpc) is 3.33. The van der Waals surface area contributed by atoms with E-state index >= 15 is 0 Å². The highest BCUT2D eigenvalue weighted by atomic mass is 35.5. The normalized spacial score (nSPS) is 10.6. The van der Waals surface area contributed by atoms with E-state index in [-0.39, 0.29) is 12.4 Å². The Morgan fingerprint density at radius 1 is 0.972 bits per heavy atom. The van der Waals surface area contributed by atoms with Crippen molar-refractivity contribution in [1.29, 1.82) is 0 Å². The summed E-state index contributed by atoms with van der Waals surface area (Å²) in [6.07, 6.45) is 0. The molecule has 0 atom stereocenters. The zero-order valence-electron chi connectivity index (χ0n) is 19.6. The van der Waals surface area contributed by atoms with Crippen LogP contribution in [0.1, 0.15) is 18.1 Å². The van der Waals surface area contributed by atoms with Gasteiger partial charge in [-0.15, -0.1) is 17.5 Å². The number of benzene rings is 3. The van der Waals surface area contributed by atoms with Crippen LogP contribution in [-0.4, -0.2) is 39.1 Å². The molecule has 0 radical (unpaired) electrons. The molecule has 1 heterocycles. The molecule has 4 rings (SSSR count). The lowest BCUT2D eigenvalue weighted by Crippen LogP contribution is -2.17. The summed E-state index contributed by atoms with van der Waals surface area (Å²) in [5, 5.41) is 17.4. The summed E-state index contributed by atoms with van der Waals surface area (Å²) in [5.41, 5.74) is 2.90. The Bertz CT molecular complexity index is 1240. The van der Waals surface area contributed by atoms with E-state index in [0.29, 0.717) is 41.3 Å². The van der Waals surface area contributed by atoms with Crippen LogP contribution in [0.3, 0.4) is 0 Å². The highest BCUT2D eigenvalue weighted by Gasteiger charge is 2.10. The third-order valence-corrected chi connectivity index (χ3v) is 6.50. The molecule has 1 aromatic heterocycles. The van der Waals surface area contributed by atoms with E-state index in [1.54, 1.807) is 28.6 Å². The van der Waals surface area contributed by atoms with E-state index in [2.05, 4.69) is 20.8 Å². The third-order valence-electron chi connectivity index (χ3n) is 4.99. The van der Waals surface area contributed by atoms with Gasteiger partial charge >= 0.3 is 0 Å². The summed E-state index contributed by atoms with van der Waals surface area (Å²) in [5.74, 6) is 2.20. The van der Waals surface area contributed by atoms with Crippen molar-refractivity contribution in [3.63, 3.8) is 0 Å². The molecule has 0 saturated carbocycles. The van der Waals surface area contributed by atoms with Gasteiger partial charge in [0.25, 0.3) is 0 Å². The number of hydrogen-bond acceptors (Lipinski definition) is 7. The molecule has 4 aromatic rings. The first kappa shape index (κ1) is 28.1. The van der Waals surface area contributed by atoms with Gasteiger partial charge in [0.05, 0.1) is 12.3 Å². The number of thioether (sulfide) groups is 1. The average molecular weight is 567 g/mol. The molecule has 0 spiro atoms. The predicted molar refractivity (Wildman–Crippen MR) is 147 cm³/mol. The number of halogens is 3. The molecule has 0 aliphatic heterocycles. The highest BCUT2D eigenvalue weighted by molar-refractivity contribution is 7.99. The summed E-state index contributed by atoms with van der Waals surface area (Å²) in [4.78, 5) is 0. The van der Waals surface area contributed by atoms with E-state index in [1.807, 2.05) is 61.5 Å². The van der Waals surface area contributed by atoms with Gasteiger partial charge in [0.1, 0.15) is 6.61 Å². The maximum absolute atomic E-state index is 6.26. The van der Waals surface area contributed by atoms with Crippen molar-refractivity contribution in [2.75, 3.05) is 18.9 Å². The number of para-hydroxylation sites is 1. The number of ether oxygens (including phenoxy) is 2. The lowest BCUT2D eigenvalue weighted by atomic mass is 10.2. The maximum atomic E-state index is 6.26. The second-order valence-corrected chi connectivity index (χ2v) is 9.38. The molecule has 0 aliphatic carbocycles. The fourth-order valence-corrected chi connectivity index (χ4v) is 4.54. The van der Waals surface area contributed by atoms with E-state index in [9.17, 15) is 0 Å². The summed E-state index contributed by atoms with van der Waals surface area (Å²) in [7, 11) is 0. The van der Waals surface area contributed by atoms with Gasteiger partial charge in [0.2, 0.25) is 5.16 Å². The van der Waals surface area contributed by atoms with Crippen molar-refractivity contribution in [1.82, 2.24) is 25.5 Å². The molecule has 0 amide bonds. The Morgan fingerprint density at radius 2 is 1.81 bits per heavy atom. The number of nitrogens with zero attached hydrogens (tertiary/aromatic N) is 4. The zero-order chi connectivity index (χ0) is 24.5. The lowest BCUT2D eigenvalue weighted by Gasteiger charge is -2.14. The SMILES string of the molecule is CCOc1cc(CNCCSc2nnnn2-c2ccccc2)ccc1OCc1ccc(Cl)cc1Cl.Cl. The Kier molecular flexibility index (Phi) is 11.2. The summed E-state index contributed by atoms with van der Waals surface area (Å²) >= 11 is 13.8. The van der Waals surface area contributed by atoms with Crippen molar-refractivity contribution in [3.8, 4) is 17.2 Å². The summed E-state index contributed by atoms with van der Waals surface area (Å²) in [6.45, 7) is 4.32. The van der Waals surface area contributed by atoms with Gasteiger partial charge in [-0.1, -0.05) is 65.3 Å². The zero-order valence-corrected chi connectivity index (χ0v) is 22.7. The quantitative estimate of drug-likeness (QED) is 0.160. The van der Waals surface area contributed by atoms with E-state index in [4.69, 9.17) is 32.7 Å². The minimum Gasteiger partial charge on any atom is -0.490 e. The first-order chi connectivity index (χ1) is 17.1. The van der Waals surface area contributed by atoms with Crippen LogP contribution in [-0.2, 0) is 13.2 Å². The van der Waals surface area contributed by atoms with Gasteiger partial charge in [0.15, 0.2) is 11.5 Å². The van der Waals surface area contributed by atoms with Crippen molar-refractivity contribution in [3.05, 3.63) is 87.9 Å². The van der Waals surface area contributed by atoms with E-state index in [1.165, 1.54) is 0 Å². The van der Waals surface area contributed by atoms with Crippen molar-refractivity contribution in [2.24, 2.45) is 0 Å². The molecule has 0 bridgehead atoms. The third kappa shape index (κ3) is 7.75. The van der Waals surface area contributed by atoms with Crippen LogP contribution < -0.4 is 14.8 Å². The second kappa shape index (κ2) is 14.3. The smallest absolute Gasteiger partial charge is 0.214 e. The molecule has 3 aromatic carbocycles.